The molecule has 0 bridgehead atoms. The van der Waals surface area contributed by atoms with Gasteiger partial charge in [0.1, 0.15) is 5.82 Å². The van der Waals surface area contributed by atoms with E-state index < -0.39 is 0 Å². The highest BCUT2D eigenvalue weighted by molar-refractivity contribution is 7.15. The molecule has 1 aromatic carbocycles. The lowest BCUT2D eigenvalue weighted by Crippen LogP contribution is -2.15. The van der Waals surface area contributed by atoms with Crippen molar-refractivity contribution in [3.05, 3.63) is 46.2 Å². The first kappa shape index (κ1) is 18.5. The van der Waals surface area contributed by atoms with Crippen LogP contribution in [0.4, 0.5) is 9.52 Å². The highest BCUT2D eigenvalue weighted by Crippen LogP contribution is 2.26. The molecule has 130 valence electrons. The summed E-state index contributed by atoms with van der Waals surface area (Å²) in [7, 11) is 0. The first-order valence-electron chi connectivity index (χ1n) is 8.03. The largest absolute Gasteiger partial charge is 0.381 e. The van der Waals surface area contributed by atoms with E-state index in [4.69, 9.17) is 4.74 Å². The Kier molecular flexibility index (Phi) is 6.87. The number of ether oxygens (including phenoxy) is 1. The molecular weight excluding hydrogens is 327 g/mol. The van der Waals surface area contributed by atoms with Gasteiger partial charge in [0.05, 0.1) is 18.7 Å². The second-order valence-corrected chi connectivity index (χ2v) is 7.15. The van der Waals surface area contributed by atoms with E-state index in [0.717, 1.165) is 10.6 Å². The molecule has 0 radical (unpaired) electrons. The van der Waals surface area contributed by atoms with Crippen molar-refractivity contribution in [2.75, 3.05) is 18.5 Å². The predicted octanol–water partition coefficient (Wildman–Crippen LogP) is 4.18. The molecule has 1 aromatic heterocycles. The number of nitrogens with one attached hydrogen (secondary N) is 1. The van der Waals surface area contributed by atoms with E-state index >= 15 is 0 Å². The van der Waals surface area contributed by atoms with Gasteiger partial charge in [-0.25, -0.2) is 9.37 Å². The Bertz CT molecular complexity index is 685. The molecule has 0 atom stereocenters. The average Bonchev–Trinajstić information content (AvgIpc) is 2.85. The fraction of sp³-hybridized carbons (Fsp3) is 0.444. The van der Waals surface area contributed by atoms with Crippen molar-refractivity contribution in [3.63, 3.8) is 0 Å². The van der Waals surface area contributed by atoms with Gasteiger partial charge in [0.25, 0.3) is 0 Å². The van der Waals surface area contributed by atoms with Crippen molar-refractivity contribution in [1.29, 1.82) is 0 Å². The number of benzene rings is 1. The van der Waals surface area contributed by atoms with Crippen molar-refractivity contribution in [1.82, 2.24) is 4.98 Å². The number of aryl methyl sites for hydroxylation is 1. The molecule has 0 aliphatic rings. The quantitative estimate of drug-likeness (QED) is 0.727. The van der Waals surface area contributed by atoms with E-state index in [2.05, 4.69) is 24.1 Å². The fourth-order valence-electron chi connectivity index (χ4n) is 2.13. The lowest BCUT2D eigenvalue weighted by atomic mass is 10.1. The van der Waals surface area contributed by atoms with Gasteiger partial charge in [0.2, 0.25) is 5.91 Å². The van der Waals surface area contributed by atoms with Gasteiger partial charge in [-0.1, -0.05) is 32.0 Å². The van der Waals surface area contributed by atoms with E-state index in [0.29, 0.717) is 42.7 Å². The highest BCUT2D eigenvalue weighted by Gasteiger charge is 2.12. The van der Waals surface area contributed by atoms with Gasteiger partial charge < -0.3 is 10.1 Å². The van der Waals surface area contributed by atoms with Gasteiger partial charge >= 0.3 is 0 Å². The maximum atomic E-state index is 13.8. The monoisotopic (exact) mass is 350 g/mol. The first-order valence-corrected chi connectivity index (χ1v) is 8.84. The molecule has 1 amide bonds. The van der Waals surface area contributed by atoms with E-state index in [9.17, 15) is 9.18 Å². The molecule has 4 nitrogen and oxygen atoms in total. The van der Waals surface area contributed by atoms with Crippen LogP contribution in [0, 0.1) is 18.7 Å². The zero-order valence-electron chi connectivity index (χ0n) is 14.3. The number of anilines is 1. The SMILES string of the molecule is Cc1nc(NC(=O)CCOCC(C)C)sc1Cc1ccccc1F. The maximum Gasteiger partial charge on any atom is 0.228 e. The Hall–Kier alpha value is -1.79. The Balaban J connectivity index is 1.89. The number of nitrogens with zero attached hydrogens (tertiary/aromatic N) is 1. The van der Waals surface area contributed by atoms with Crippen molar-refractivity contribution in [2.24, 2.45) is 5.92 Å². The van der Waals surface area contributed by atoms with Gasteiger partial charge in [0, 0.05) is 17.9 Å². The molecule has 0 aliphatic heterocycles. The molecule has 2 aromatic rings. The van der Waals surface area contributed by atoms with Crippen LogP contribution in [0.5, 0.6) is 0 Å². The van der Waals surface area contributed by atoms with Crippen LogP contribution in [0.1, 0.15) is 36.4 Å². The summed E-state index contributed by atoms with van der Waals surface area (Å²) in [5.41, 5.74) is 1.44. The third kappa shape index (κ3) is 5.69. The number of carbonyl (C=O) groups excluding carboxylic acids is 1. The molecule has 0 saturated heterocycles. The molecule has 0 spiro atoms. The van der Waals surface area contributed by atoms with Gasteiger partial charge in [-0.15, -0.1) is 11.3 Å². The molecule has 1 heterocycles. The minimum Gasteiger partial charge on any atom is -0.381 e. The Labute approximate surface area is 146 Å². The number of aromatic nitrogens is 1. The van der Waals surface area contributed by atoms with Crippen LogP contribution in [0.2, 0.25) is 0 Å². The number of hydrogen-bond acceptors (Lipinski definition) is 4. The van der Waals surface area contributed by atoms with Gasteiger partial charge in [-0.3, -0.25) is 4.79 Å². The summed E-state index contributed by atoms with van der Waals surface area (Å²) in [6.45, 7) is 7.05. The summed E-state index contributed by atoms with van der Waals surface area (Å²) in [6, 6.07) is 6.70. The summed E-state index contributed by atoms with van der Waals surface area (Å²) in [5.74, 6) is 0.110. The van der Waals surface area contributed by atoms with Gasteiger partial charge in [-0.2, -0.15) is 0 Å². The Morgan fingerprint density at radius 2 is 2.12 bits per heavy atom. The lowest BCUT2D eigenvalue weighted by Gasteiger charge is -2.06. The van der Waals surface area contributed by atoms with Crippen LogP contribution in [-0.2, 0) is 16.0 Å². The number of rotatable bonds is 8. The highest BCUT2D eigenvalue weighted by atomic mass is 32.1. The van der Waals surface area contributed by atoms with Crippen LogP contribution in [0.3, 0.4) is 0 Å². The smallest absolute Gasteiger partial charge is 0.228 e. The molecule has 0 unspecified atom stereocenters. The Morgan fingerprint density at radius 3 is 2.83 bits per heavy atom. The molecule has 24 heavy (non-hydrogen) atoms. The summed E-state index contributed by atoms with van der Waals surface area (Å²) < 4.78 is 19.2. The lowest BCUT2D eigenvalue weighted by molar-refractivity contribution is -0.117. The van der Waals surface area contributed by atoms with Crippen LogP contribution >= 0.6 is 11.3 Å². The van der Waals surface area contributed by atoms with E-state index in [1.807, 2.05) is 13.0 Å². The van der Waals surface area contributed by atoms with E-state index in [-0.39, 0.29) is 11.7 Å². The molecule has 6 heteroatoms. The van der Waals surface area contributed by atoms with Crippen LogP contribution in [0.15, 0.2) is 24.3 Å². The summed E-state index contributed by atoms with van der Waals surface area (Å²) in [5, 5.41) is 3.34. The van der Waals surface area contributed by atoms with Crippen LogP contribution in [-0.4, -0.2) is 24.1 Å². The summed E-state index contributed by atoms with van der Waals surface area (Å²) in [6.07, 6.45) is 0.775. The topological polar surface area (TPSA) is 51.2 Å². The molecular formula is C18H23FN2O2S. The van der Waals surface area contributed by atoms with Gasteiger partial charge in [0.15, 0.2) is 5.13 Å². The number of halogens is 1. The van der Waals surface area contributed by atoms with Crippen molar-refractivity contribution in [2.45, 2.75) is 33.6 Å². The average molecular weight is 350 g/mol. The molecule has 1 N–H and O–H groups in total. The number of thiazole rings is 1. The molecule has 0 saturated carbocycles. The predicted molar refractivity (Wildman–Crippen MR) is 95.0 cm³/mol. The minimum absolute atomic E-state index is 0.120. The second-order valence-electron chi connectivity index (χ2n) is 6.06. The first-order chi connectivity index (χ1) is 11.5. The minimum atomic E-state index is -0.224. The standard InChI is InChI=1S/C18H23FN2O2S/c1-12(2)11-23-9-8-17(22)21-18-20-13(3)16(24-18)10-14-6-4-5-7-15(14)19/h4-7,12H,8-11H2,1-3H3,(H,20,21,22). The molecule has 0 aliphatic carbocycles. The summed E-state index contributed by atoms with van der Waals surface area (Å²) >= 11 is 1.38. The number of hydrogen-bond donors (Lipinski definition) is 1. The Morgan fingerprint density at radius 1 is 1.38 bits per heavy atom. The zero-order valence-corrected chi connectivity index (χ0v) is 15.1. The third-order valence-electron chi connectivity index (χ3n) is 3.37. The van der Waals surface area contributed by atoms with E-state index in [1.165, 1.54) is 17.4 Å². The van der Waals surface area contributed by atoms with Crippen molar-refractivity contribution < 1.29 is 13.9 Å². The normalized spacial score (nSPS) is 11.0. The maximum absolute atomic E-state index is 13.8. The number of carbonyl (C=O) groups is 1. The van der Waals surface area contributed by atoms with Crippen LogP contribution in [0.25, 0.3) is 0 Å². The van der Waals surface area contributed by atoms with E-state index in [1.54, 1.807) is 12.1 Å². The van der Waals surface area contributed by atoms with Gasteiger partial charge in [-0.05, 0) is 24.5 Å². The summed E-state index contributed by atoms with van der Waals surface area (Å²) in [4.78, 5) is 17.2. The fourth-order valence-corrected chi connectivity index (χ4v) is 3.13. The van der Waals surface area contributed by atoms with Crippen LogP contribution < -0.4 is 5.32 Å². The molecule has 0 fully saturated rings. The number of amides is 1. The van der Waals surface area contributed by atoms with Crippen molar-refractivity contribution >= 4 is 22.4 Å². The zero-order chi connectivity index (χ0) is 17.5. The third-order valence-corrected chi connectivity index (χ3v) is 4.45. The van der Waals surface area contributed by atoms with Crippen molar-refractivity contribution in [3.8, 4) is 0 Å². The molecule has 2 rings (SSSR count). The second kappa shape index (κ2) is 8.89.